The van der Waals surface area contributed by atoms with Gasteiger partial charge in [-0.1, -0.05) is 80.6 Å². The average molecular weight is 776 g/mol. The Hall–Kier alpha value is -5.57. The van der Waals surface area contributed by atoms with Crippen LogP contribution in [0.4, 0.5) is 10.5 Å². The van der Waals surface area contributed by atoms with Crippen LogP contribution in [-0.4, -0.2) is 88.6 Å². The number of piperidine rings is 1. The highest BCUT2D eigenvalue weighted by molar-refractivity contribution is 5.98. The molecule has 3 aliphatic heterocycles. The van der Waals surface area contributed by atoms with Gasteiger partial charge in [-0.25, -0.2) is 9.78 Å². The van der Waals surface area contributed by atoms with Crippen molar-refractivity contribution in [3.63, 3.8) is 0 Å². The van der Waals surface area contributed by atoms with Crippen molar-refractivity contribution in [3.05, 3.63) is 96.4 Å². The van der Waals surface area contributed by atoms with Crippen LogP contribution in [0.1, 0.15) is 69.4 Å². The van der Waals surface area contributed by atoms with E-state index in [2.05, 4.69) is 20.9 Å². The number of hydrogen-bond acceptors (Lipinski definition) is 9. The number of methoxy groups -OCH3 is 1. The molecular formula is C43H49N7O7. The van der Waals surface area contributed by atoms with E-state index in [0.717, 1.165) is 59.5 Å². The smallest absolute Gasteiger partial charge is 0.407 e. The molecule has 0 unspecified atom stereocenters. The number of likely N-dealkylation sites (tertiary alicyclic amines) is 2. The molecule has 3 saturated heterocycles. The van der Waals surface area contributed by atoms with Crippen molar-refractivity contribution in [3.8, 4) is 22.4 Å². The molecule has 57 heavy (non-hydrogen) atoms. The van der Waals surface area contributed by atoms with Crippen molar-refractivity contribution in [2.75, 3.05) is 25.8 Å². The number of nitrogens with zero attached hydrogens (tertiary/aromatic N) is 3. The standard InChI is InChI=1S/C43H49N7O7/c1-25(2)35(47-42(54)55-3)41(53)50-32-20-17-30(22-32)37(50)38-44-23-33(46-38)28-13-11-26(12-14-28)27-15-18-31(19-16-27)45-39(51)34-10-7-21-49(34)40(52)36(48-43-56-24-57-43)29-8-5-4-6-9-29/h4-6,8-9,11-16,18-19,23,25,30,32,34-37,43,48H,7,10,17,20-22,24H2,1-3H3,(H,44,46)(H,45,51)(H,47,54)/t30-,32+,34-,35-,36+,37-/m0/s1. The van der Waals surface area contributed by atoms with E-state index in [1.165, 1.54) is 7.11 Å². The molecule has 4 amide bonds. The minimum atomic E-state index is -0.713. The summed E-state index contributed by atoms with van der Waals surface area (Å²) < 4.78 is 15.5. The van der Waals surface area contributed by atoms with Gasteiger partial charge in [0.15, 0.2) is 6.79 Å². The number of carbonyl (C=O) groups is 4. The number of rotatable bonds is 12. The molecular weight excluding hydrogens is 727 g/mol. The summed E-state index contributed by atoms with van der Waals surface area (Å²) in [7, 11) is 1.30. The summed E-state index contributed by atoms with van der Waals surface area (Å²) in [6, 6.07) is 23.1. The topological polar surface area (TPSA) is 167 Å². The molecule has 14 nitrogen and oxygen atoms in total. The van der Waals surface area contributed by atoms with Gasteiger partial charge in [-0.05, 0) is 78.3 Å². The number of imidazole rings is 1. The van der Waals surface area contributed by atoms with E-state index in [0.29, 0.717) is 24.6 Å². The van der Waals surface area contributed by atoms with Gasteiger partial charge in [0.25, 0.3) is 0 Å². The van der Waals surface area contributed by atoms with Gasteiger partial charge in [0, 0.05) is 18.3 Å². The number of fused-ring (bicyclic) bond motifs is 2. The Bertz CT molecular complexity index is 2070. The number of hydrogen-bond donors (Lipinski definition) is 4. The Morgan fingerprint density at radius 2 is 1.58 bits per heavy atom. The molecule has 2 bridgehead atoms. The van der Waals surface area contributed by atoms with Crippen LogP contribution in [0.2, 0.25) is 0 Å². The molecule has 4 N–H and O–H groups in total. The zero-order valence-electron chi connectivity index (χ0n) is 32.4. The van der Waals surface area contributed by atoms with Crippen molar-refractivity contribution < 1.29 is 33.4 Å². The number of amides is 4. The van der Waals surface area contributed by atoms with E-state index in [1.807, 2.05) is 104 Å². The minimum absolute atomic E-state index is 0.105. The number of alkyl carbamates (subject to hydrolysis) is 1. The van der Waals surface area contributed by atoms with Crippen molar-refractivity contribution in [1.29, 1.82) is 0 Å². The number of anilines is 1. The maximum atomic E-state index is 13.9. The molecule has 298 valence electrons. The first kappa shape index (κ1) is 38.3. The summed E-state index contributed by atoms with van der Waals surface area (Å²) in [5.41, 5.74) is 5.22. The number of H-pyrrole nitrogens is 1. The quantitative estimate of drug-likeness (QED) is 0.141. The van der Waals surface area contributed by atoms with Crippen LogP contribution >= 0.6 is 0 Å². The van der Waals surface area contributed by atoms with Crippen LogP contribution < -0.4 is 16.0 Å². The first-order valence-corrected chi connectivity index (χ1v) is 19.8. The lowest BCUT2D eigenvalue weighted by Gasteiger charge is -2.37. The van der Waals surface area contributed by atoms with Crippen LogP contribution in [0.15, 0.2) is 85.1 Å². The van der Waals surface area contributed by atoms with Crippen molar-refractivity contribution in [2.45, 2.75) is 82.6 Å². The lowest BCUT2D eigenvalue weighted by molar-refractivity contribution is -0.335. The second-order valence-electron chi connectivity index (χ2n) is 15.6. The molecule has 8 rings (SSSR count). The highest BCUT2D eigenvalue weighted by Gasteiger charge is 2.51. The van der Waals surface area contributed by atoms with Crippen molar-refractivity contribution in [1.82, 2.24) is 30.4 Å². The predicted octanol–water partition coefficient (Wildman–Crippen LogP) is 5.72. The highest BCUT2D eigenvalue weighted by atomic mass is 16.9. The van der Waals surface area contributed by atoms with Crippen LogP contribution in [0.5, 0.6) is 0 Å². The fraction of sp³-hybridized carbons (Fsp3) is 0.419. The van der Waals surface area contributed by atoms with Crippen LogP contribution in [-0.2, 0) is 28.6 Å². The van der Waals surface area contributed by atoms with E-state index in [1.54, 1.807) is 4.90 Å². The highest BCUT2D eigenvalue weighted by Crippen LogP contribution is 2.50. The number of aromatic amines is 1. The van der Waals surface area contributed by atoms with Gasteiger partial charge >= 0.3 is 6.09 Å². The van der Waals surface area contributed by atoms with Crippen LogP contribution in [0.3, 0.4) is 0 Å². The Morgan fingerprint density at radius 1 is 0.877 bits per heavy atom. The van der Waals surface area contributed by atoms with E-state index in [4.69, 9.17) is 19.2 Å². The Morgan fingerprint density at radius 3 is 2.25 bits per heavy atom. The zero-order valence-corrected chi connectivity index (χ0v) is 32.4. The lowest BCUT2D eigenvalue weighted by Crippen LogP contribution is -2.54. The fourth-order valence-corrected chi connectivity index (χ4v) is 8.76. The van der Waals surface area contributed by atoms with E-state index < -0.39 is 30.6 Å². The molecule has 4 heterocycles. The summed E-state index contributed by atoms with van der Waals surface area (Å²) in [5, 5.41) is 8.90. The van der Waals surface area contributed by atoms with Gasteiger partial charge in [0.2, 0.25) is 24.1 Å². The Labute approximate surface area is 331 Å². The van der Waals surface area contributed by atoms with E-state index in [9.17, 15) is 19.2 Å². The van der Waals surface area contributed by atoms with E-state index in [-0.39, 0.29) is 42.5 Å². The summed E-state index contributed by atoms with van der Waals surface area (Å²) in [5.74, 6) is 0.416. The number of ether oxygens (including phenoxy) is 3. The molecule has 1 aromatic heterocycles. The first-order valence-electron chi connectivity index (χ1n) is 19.8. The maximum absolute atomic E-state index is 13.9. The molecule has 6 atom stereocenters. The van der Waals surface area contributed by atoms with Gasteiger partial charge in [-0.3, -0.25) is 19.7 Å². The van der Waals surface area contributed by atoms with Gasteiger partial charge in [-0.2, -0.15) is 0 Å². The number of aromatic nitrogens is 2. The van der Waals surface area contributed by atoms with Crippen molar-refractivity contribution >= 4 is 29.5 Å². The average Bonchev–Trinajstić information content (AvgIpc) is 4.05. The maximum Gasteiger partial charge on any atom is 0.407 e. The summed E-state index contributed by atoms with van der Waals surface area (Å²) in [6.45, 7) is 4.49. The van der Waals surface area contributed by atoms with Gasteiger partial charge in [-0.15, -0.1) is 0 Å². The van der Waals surface area contributed by atoms with Gasteiger partial charge in [0.1, 0.15) is 23.9 Å². The van der Waals surface area contributed by atoms with Gasteiger partial charge in [0.05, 0.1) is 25.0 Å². The SMILES string of the molecule is COC(=O)N[C@H](C(=O)N1[C@@H]2CC[C@@H](C2)[C@H]1c1ncc(-c2ccc(-c3ccc(NC(=O)[C@@H]4CCCN4C(=O)[C@H](NC4OCO4)c4ccccc4)cc3)cc2)[nH]1)C(C)C. The first-order chi connectivity index (χ1) is 27.7. The second-order valence-corrected chi connectivity index (χ2v) is 15.6. The summed E-state index contributed by atoms with van der Waals surface area (Å²) in [6.07, 6.45) is 4.72. The largest absolute Gasteiger partial charge is 0.453 e. The molecule has 1 saturated carbocycles. The molecule has 4 aromatic rings. The predicted molar refractivity (Wildman–Crippen MR) is 211 cm³/mol. The van der Waals surface area contributed by atoms with Crippen molar-refractivity contribution in [2.24, 2.45) is 11.8 Å². The van der Waals surface area contributed by atoms with Crippen LogP contribution in [0, 0.1) is 11.8 Å². The lowest BCUT2D eigenvalue weighted by atomic mass is 9.95. The molecule has 3 aromatic carbocycles. The Kier molecular flexibility index (Phi) is 11.1. The third kappa shape index (κ3) is 7.89. The molecule has 4 fully saturated rings. The Balaban J connectivity index is 0.910. The number of nitrogens with one attached hydrogen (secondary N) is 4. The summed E-state index contributed by atoms with van der Waals surface area (Å²) >= 11 is 0. The molecule has 0 spiro atoms. The monoisotopic (exact) mass is 775 g/mol. The summed E-state index contributed by atoms with van der Waals surface area (Å²) in [4.78, 5) is 65.3. The minimum Gasteiger partial charge on any atom is -0.453 e. The third-order valence-corrected chi connectivity index (χ3v) is 11.7. The molecule has 4 aliphatic rings. The molecule has 1 aliphatic carbocycles. The zero-order chi connectivity index (χ0) is 39.6. The van der Waals surface area contributed by atoms with E-state index >= 15 is 0 Å². The van der Waals surface area contributed by atoms with Crippen LogP contribution in [0.25, 0.3) is 22.4 Å². The fourth-order valence-electron chi connectivity index (χ4n) is 8.76. The normalized spacial score (nSPS) is 22.6. The number of benzene rings is 3. The number of carbonyl (C=O) groups excluding carboxylic acids is 4. The second kappa shape index (κ2) is 16.5. The molecule has 14 heteroatoms. The molecule has 0 radical (unpaired) electrons. The third-order valence-electron chi connectivity index (χ3n) is 11.7. The van der Waals surface area contributed by atoms with Gasteiger partial charge < -0.3 is 39.6 Å².